The molecule has 1 aromatic rings. The van der Waals surface area contributed by atoms with Crippen molar-refractivity contribution in [2.45, 2.75) is 19.1 Å². The number of amides is 1. The summed E-state index contributed by atoms with van der Waals surface area (Å²) in [5.41, 5.74) is 0.877. The first-order valence-corrected chi connectivity index (χ1v) is 9.31. The van der Waals surface area contributed by atoms with E-state index in [1.54, 1.807) is 23.1 Å². The highest BCUT2D eigenvalue weighted by Gasteiger charge is 2.38. The number of halogens is 1. The quantitative estimate of drug-likeness (QED) is 0.774. The van der Waals surface area contributed by atoms with Gasteiger partial charge in [0, 0.05) is 24.2 Å². The lowest BCUT2D eigenvalue weighted by atomic mass is 10.2. The first-order valence-electron chi connectivity index (χ1n) is 7.22. The Kier molecular flexibility index (Phi) is 5.29. The van der Waals surface area contributed by atoms with Gasteiger partial charge in [0.1, 0.15) is 0 Å². The van der Waals surface area contributed by atoms with E-state index in [9.17, 15) is 13.2 Å². The summed E-state index contributed by atoms with van der Waals surface area (Å²) in [4.78, 5) is 13.5. The minimum absolute atomic E-state index is 0.111. The molecule has 4 nitrogen and oxygen atoms in total. The Bertz CT molecular complexity index is 659. The number of sulfone groups is 1. The summed E-state index contributed by atoms with van der Waals surface area (Å²) >= 11 is 5.79. The van der Waals surface area contributed by atoms with Gasteiger partial charge >= 0.3 is 0 Å². The van der Waals surface area contributed by atoms with Crippen LogP contribution in [0.15, 0.2) is 30.3 Å². The summed E-state index contributed by atoms with van der Waals surface area (Å²) in [6, 6.07) is 7.14. The Balaban J connectivity index is 1.88. The zero-order valence-electron chi connectivity index (χ0n) is 12.7. The zero-order valence-corrected chi connectivity index (χ0v) is 14.3. The molecule has 0 aliphatic carbocycles. The Labute approximate surface area is 136 Å². The molecule has 1 aliphatic heterocycles. The Morgan fingerprint density at radius 3 is 2.45 bits per heavy atom. The molecule has 0 radical (unpaired) electrons. The SMILES string of the molecule is CC(C)CS(=O)(=O)C1CN(C(=O)/C=C/c2ccc(Cl)cc2)C1. The molecule has 0 N–H and O–H groups in total. The molecule has 1 aliphatic rings. The number of carbonyl (C=O) groups is 1. The van der Waals surface area contributed by atoms with Gasteiger partial charge in [-0.1, -0.05) is 37.6 Å². The van der Waals surface area contributed by atoms with E-state index in [0.29, 0.717) is 18.1 Å². The summed E-state index contributed by atoms with van der Waals surface area (Å²) in [6.45, 7) is 4.35. The van der Waals surface area contributed by atoms with Crippen LogP contribution in [0.1, 0.15) is 19.4 Å². The molecule has 1 fully saturated rings. The Morgan fingerprint density at radius 2 is 1.91 bits per heavy atom. The minimum atomic E-state index is -3.09. The van der Waals surface area contributed by atoms with Crippen LogP contribution in [0.5, 0.6) is 0 Å². The molecular weight excluding hydrogens is 322 g/mol. The topological polar surface area (TPSA) is 54.5 Å². The molecule has 0 bridgehead atoms. The van der Waals surface area contributed by atoms with Crippen LogP contribution in [0.25, 0.3) is 6.08 Å². The van der Waals surface area contributed by atoms with E-state index in [0.717, 1.165) is 5.56 Å². The van der Waals surface area contributed by atoms with Gasteiger partial charge in [-0.15, -0.1) is 0 Å². The van der Waals surface area contributed by atoms with Crippen LogP contribution >= 0.6 is 11.6 Å². The average Bonchev–Trinajstić information content (AvgIpc) is 2.34. The Hall–Kier alpha value is -1.33. The molecule has 0 spiro atoms. The van der Waals surface area contributed by atoms with Gasteiger partial charge in [-0.3, -0.25) is 4.79 Å². The summed E-state index contributed by atoms with van der Waals surface area (Å²) in [5, 5.41) is 0.229. The summed E-state index contributed by atoms with van der Waals surface area (Å²) < 4.78 is 24.1. The van der Waals surface area contributed by atoms with E-state index in [-0.39, 0.29) is 17.6 Å². The molecule has 2 rings (SSSR count). The second-order valence-electron chi connectivity index (χ2n) is 5.97. The summed E-state index contributed by atoms with van der Waals surface area (Å²) in [7, 11) is -3.09. The van der Waals surface area contributed by atoms with Gasteiger partial charge in [-0.2, -0.15) is 0 Å². The molecule has 120 valence electrons. The predicted octanol–water partition coefficient (Wildman–Crippen LogP) is 2.63. The molecule has 1 heterocycles. The maximum absolute atomic E-state index is 12.0. The molecular formula is C16H20ClNO3S. The van der Waals surface area contributed by atoms with Crippen molar-refractivity contribution in [1.29, 1.82) is 0 Å². The number of rotatable bonds is 5. The highest BCUT2D eigenvalue weighted by Crippen LogP contribution is 2.20. The van der Waals surface area contributed by atoms with Crippen LogP contribution < -0.4 is 0 Å². The molecule has 22 heavy (non-hydrogen) atoms. The van der Waals surface area contributed by atoms with Crippen LogP contribution in [0.2, 0.25) is 5.02 Å². The van der Waals surface area contributed by atoms with Crippen molar-refractivity contribution in [1.82, 2.24) is 4.90 Å². The number of benzene rings is 1. The van der Waals surface area contributed by atoms with E-state index in [1.165, 1.54) is 6.08 Å². The van der Waals surface area contributed by atoms with E-state index in [1.807, 2.05) is 26.0 Å². The number of carbonyl (C=O) groups excluding carboxylic acids is 1. The van der Waals surface area contributed by atoms with E-state index in [2.05, 4.69) is 0 Å². The van der Waals surface area contributed by atoms with Crippen molar-refractivity contribution >= 4 is 33.4 Å². The van der Waals surface area contributed by atoms with Gasteiger partial charge in [-0.05, 0) is 29.7 Å². The van der Waals surface area contributed by atoms with Crippen LogP contribution in [0, 0.1) is 5.92 Å². The third-order valence-corrected chi connectivity index (χ3v) is 6.22. The lowest BCUT2D eigenvalue weighted by Crippen LogP contribution is -2.57. The smallest absolute Gasteiger partial charge is 0.246 e. The zero-order chi connectivity index (χ0) is 16.3. The van der Waals surface area contributed by atoms with Crippen LogP contribution in [0.3, 0.4) is 0 Å². The fourth-order valence-corrected chi connectivity index (χ4v) is 4.43. The van der Waals surface area contributed by atoms with Gasteiger partial charge in [0.05, 0.1) is 11.0 Å². The van der Waals surface area contributed by atoms with E-state index < -0.39 is 15.1 Å². The second kappa shape index (κ2) is 6.84. The van der Waals surface area contributed by atoms with Crippen molar-refractivity contribution in [3.8, 4) is 0 Å². The lowest BCUT2D eigenvalue weighted by molar-refractivity contribution is -0.128. The normalized spacial score (nSPS) is 16.3. The number of likely N-dealkylation sites (tertiary alicyclic amines) is 1. The summed E-state index contributed by atoms with van der Waals surface area (Å²) in [6.07, 6.45) is 3.17. The molecule has 1 saturated heterocycles. The maximum atomic E-state index is 12.0. The minimum Gasteiger partial charge on any atom is -0.336 e. The standard InChI is InChI=1S/C16H20ClNO3S/c1-12(2)11-22(20,21)15-9-18(10-15)16(19)8-5-13-3-6-14(17)7-4-13/h3-8,12,15H,9-11H2,1-2H3/b8-5+. The number of hydrogen-bond acceptors (Lipinski definition) is 3. The molecule has 0 aromatic heterocycles. The van der Waals surface area contributed by atoms with E-state index in [4.69, 9.17) is 11.6 Å². The molecule has 0 saturated carbocycles. The van der Waals surface area contributed by atoms with Gasteiger partial charge in [0.2, 0.25) is 5.91 Å². The van der Waals surface area contributed by atoms with Crippen molar-refractivity contribution in [2.24, 2.45) is 5.92 Å². The fraction of sp³-hybridized carbons (Fsp3) is 0.438. The maximum Gasteiger partial charge on any atom is 0.246 e. The highest BCUT2D eigenvalue weighted by atomic mass is 35.5. The van der Waals surface area contributed by atoms with Gasteiger partial charge in [0.25, 0.3) is 0 Å². The highest BCUT2D eigenvalue weighted by molar-refractivity contribution is 7.92. The monoisotopic (exact) mass is 341 g/mol. The molecule has 0 atom stereocenters. The second-order valence-corrected chi connectivity index (χ2v) is 8.74. The third kappa shape index (κ3) is 4.34. The lowest BCUT2D eigenvalue weighted by Gasteiger charge is -2.38. The Morgan fingerprint density at radius 1 is 1.32 bits per heavy atom. The summed E-state index contributed by atoms with van der Waals surface area (Å²) in [5.74, 6) is 0.130. The van der Waals surface area contributed by atoms with Crippen molar-refractivity contribution in [2.75, 3.05) is 18.8 Å². The average molecular weight is 342 g/mol. The van der Waals surface area contributed by atoms with Crippen LogP contribution in [0.4, 0.5) is 0 Å². The first kappa shape index (κ1) is 17.0. The number of nitrogens with zero attached hydrogens (tertiary/aromatic N) is 1. The number of hydrogen-bond donors (Lipinski definition) is 0. The van der Waals surface area contributed by atoms with Crippen LogP contribution in [-0.4, -0.2) is 43.3 Å². The van der Waals surface area contributed by atoms with E-state index >= 15 is 0 Å². The fourth-order valence-electron chi connectivity index (χ4n) is 2.29. The largest absolute Gasteiger partial charge is 0.336 e. The van der Waals surface area contributed by atoms with Crippen LogP contribution in [-0.2, 0) is 14.6 Å². The van der Waals surface area contributed by atoms with Gasteiger partial charge in [-0.25, -0.2) is 8.42 Å². The molecule has 6 heteroatoms. The first-order chi connectivity index (χ1) is 10.3. The molecule has 0 unspecified atom stereocenters. The molecule has 1 amide bonds. The third-order valence-electron chi connectivity index (χ3n) is 3.52. The van der Waals surface area contributed by atoms with Gasteiger partial charge < -0.3 is 4.90 Å². The predicted molar refractivity (Wildman–Crippen MR) is 89.5 cm³/mol. The van der Waals surface area contributed by atoms with Crippen molar-refractivity contribution in [3.05, 3.63) is 40.9 Å². The van der Waals surface area contributed by atoms with Crippen molar-refractivity contribution < 1.29 is 13.2 Å². The molecule has 1 aromatic carbocycles. The van der Waals surface area contributed by atoms with Crippen molar-refractivity contribution in [3.63, 3.8) is 0 Å². The van der Waals surface area contributed by atoms with Gasteiger partial charge in [0.15, 0.2) is 9.84 Å².